The third kappa shape index (κ3) is 2.36. The molecule has 13 heavy (non-hydrogen) atoms. The van der Waals surface area contributed by atoms with Crippen LogP contribution in [0.1, 0.15) is 12.8 Å². The molecule has 1 unspecified atom stereocenters. The van der Waals surface area contributed by atoms with Gasteiger partial charge < -0.3 is 0 Å². The van der Waals surface area contributed by atoms with Crippen molar-refractivity contribution in [2.75, 3.05) is 6.26 Å². The number of carbonyl (C=O) groups is 1. The number of alkyl halides is 2. The highest BCUT2D eigenvalue weighted by Gasteiger charge is 2.52. The maximum absolute atomic E-state index is 12.6. The standard InChI is InChI=1S/C6H9F2NO3S/c1-13(11,12)9-5(10)4-2-3-6(4,7)8/h4H,2-3H2,1H3,(H,9,10). The highest BCUT2D eigenvalue weighted by atomic mass is 32.2. The van der Waals surface area contributed by atoms with Crippen molar-refractivity contribution in [1.82, 2.24) is 4.72 Å². The van der Waals surface area contributed by atoms with Gasteiger partial charge in [0.2, 0.25) is 15.9 Å². The summed E-state index contributed by atoms with van der Waals surface area (Å²) in [5, 5.41) is 0. The molecule has 0 aliphatic heterocycles. The molecule has 1 N–H and O–H groups in total. The SMILES string of the molecule is CS(=O)(=O)NC(=O)C1CCC1(F)F. The normalized spacial score (nSPS) is 26.2. The second-order valence-corrected chi connectivity index (χ2v) is 4.84. The molecule has 1 fully saturated rings. The third-order valence-electron chi connectivity index (χ3n) is 1.88. The Labute approximate surface area is 74.4 Å². The van der Waals surface area contributed by atoms with Gasteiger partial charge in [0.25, 0.3) is 5.92 Å². The Morgan fingerprint density at radius 1 is 1.54 bits per heavy atom. The molecule has 1 saturated carbocycles. The van der Waals surface area contributed by atoms with Crippen molar-refractivity contribution in [1.29, 1.82) is 0 Å². The Bertz CT molecular complexity index is 325. The number of sulfonamides is 1. The Morgan fingerprint density at radius 2 is 2.08 bits per heavy atom. The van der Waals surface area contributed by atoms with Crippen molar-refractivity contribution in [2.45, 2.75) is 18.8 Å². The fourth-order valence-corrected chi connectivity index (χ4v) is 1.59. The highest BCUT2D eigenvalue weighted by Crippen LogP contribution is 2.43. The first-order chi connectivity index (χ1) is 5.72. The van der Waals surface area contributed by atoms with E-state index in [-0.39, 0.29) is 12.8 Å². The number of hydrogen-bond donors (Lipinski definition) is 1. The van der Waals surface area contributed by atoms with E-state index < -0.39 is 27.8 Å². The maximum Gasteiger partial charge on any atom is 0.259 e. The number of amides is 1. The zero-order valence-corrected chi connectivity index (χ0v) is 7.70. The van der Waals surface area contributed by atoms with Crippen molar-refractivity contribution in [3.63, 3.8) is 0 Å². The van der Waals surface area contributed by atoms with Crippen LogP contribution in [0.3, 0.4) is 0 Å². The van der Waals surface area contributed by atoms with Gasteiger partial charge in [-0.3, -0.25) is 9.52 Å². The van der Waals surface area contributed by atoms with Crippen LogP contribution < -0.4 is 4.72 Å². The van der Waals surface area contributed by atoms with E-state index in [4.69, 9.17) is 0 Å². The molecule has 7 heteroatoms. The topological polar surface area (TPSA) is 63.2 Å². The minimum atomic E-state index is -3.73. The van der Waals surface area contributed by atoms with Crippen LogP contribution in [-0.4, -0.2) is 26.5 Å². The summed E-state index contributed by atoms with van der Waals surface area (Å²) in [6.07, 6.45) is 0.435. The molecule has 1 aliphatic rings. The minimum Gasteiger partial charge on any atom is -0.273 e. The van der Waals surface area contributed by atoms with Crippen LogP contribution in [0.2, 0.25) is 0 Å². The first kappa shape index (κ1) is 10.4. The molecule has 0 aromatic carbocycles. The summed E-state index contributed by atoms with van der Waals surface area (Å²) in [6.45, 7) is 0. The van der Waals surface area contributed by atoms with Crippen LogP contribution >= 0.6 is 0 Å². The molecule has 76 valence electrons. The molecule has 0 saturated heterocycles. The van der Waals surface area contributed by atoms with E-state index in [0.717, 1.165) is 6.26 Å². The Hall–Kier alpha value is -0.720. The second kappa shape index (κ2) is 2.90. The predicted octanol–water partition coefficient (Wildman–Crippen LogP) is 0.107. The van der Waals surface area contributed by atoms with E-state index in [0.29, 0.717) is 0 Å². The van der Waals surface area contributed by atoms with Gasteiger partial charge in [-0.1, -0.05) is 0 Å². The van der Waals surface area contributed by atoms with Crippen LogP contribution in [0.25, 0.3) is 0 Å². The molecule has 4 nitrogen and oxygen atoms in total. The average Bonchev–Trinajstić information content (AvgIpc) is 1.80. The number of nitrogens with one attached hydrogen (secondary N) is 1. The lowest BCUT2D eigenvalue weighted by Gasteiger charge is -2.34. The molecular formula is C6H9F2NO3S. The van der Waals surface area contributed by atoms with Gasteiger partial charge >= 0.3 is 0 Å². The molecule has 1 aliphatic carbocycles. The summed E-state index contributed by atoms with van der Waals surface area (Å²) in [4.78, 5) is 10.9. The van der Waals surface area contributed by atoms with Gasteiger partial charge in [-0.2, -0.15) is 0 Å². The smallest absolute Gasteiger partial charge is 0.259 e. The van der Waals surface area contributed by atoms with Gasteiger partial charge in [0.15, 0.2) is 0 Å². The number of carbonyl (C=O) groups excluding carboxylic acids is 1. The van der Waals surface area contributed by atoms with Gasteiger partial charge in [-0.05, 0) is 6.42 Å². The summed E-state index contributed by atoms with van der Waals surface area (Å²) in [7, 11) is -3.73. The lowest BCUT2D eigenvalue weighted by Crippen LogP contribution is -2.49. The summed E-state index contributed by atoms with van der Waals surface area (Å²) >= 11 is 0. The van der Waals surface area contributed by atoms with Gasteiger partial charge in [0.1, 0.15) is 5.92 Å². The van der Waals surface area contributed by atoms with E-state index in [1.807, 2.05) is 0 Å². The number of hydrogen-bond acceptors (Lipinski definition) is 3. The quantitative estimate of drug-likeness (QED) is 0.708. The van der Waals surface area contributed by atoms with Crippen molar-refractivity contribution in [3.05, 3.63) is 0 Å². The van der Waals surface area contributed by atoms with Crippen LogP contribution in [0.15, 0.2) is 0 Å². The van der Waals surface area contributed by atoms with Crippen molar-refractivity contribution < 1.29 is 22.0 Å². The molecule has 0 radical (unpaired) electrons. The van der Waals surface area contributed by atoms with Crippen molar-refractivity contribution in [3.8, 4) is 0 Å². The first-order valence-electron chi connectivity index (χ1n) is 3.62. The lowest BCUT2D eigenvalue weighted by molar-refractivity contribution is -0.160. The molecule has 1 amide bonds. The lowest BCUT2D eigenvalue weighted by atomic mass is 9.80. The summed E-state index contributed by atoms with van der Waals surface area (Å²) < 4.78 is 47.7. The van der Waals surface area contributed by atoms with Gasteiger partial charge in [-0.25, -0.2) is 17.2 Å². The third-order valence-corrected chi connectivity index (χ3v) is 2.45. The fraction of sp³-hybridized carbons (Fsp3) is 0.833. The molecule has 1 rings (SSSR count). The van der Waals surface area contributed by atoms with Gasteiger partial charge in [0.05, 0.1) is 6.26 Å². The van der Waals surface area contributed by atoms with E-state index in [2.05, 4.69) is 0 Å². The number of halogens is 2. The monoisotopic (exact) mass is 213 g/mol. The average molecular weight is 213 g/mol. The van der Waals surface area contributed by atoms with E-state index in [9.17, 15) is 22.0 Å². The van der Waals surface area contributed by atoms with Crippen LogP contribution in [0, 0.1) is 5.92 Å². The zero-order chi connectivity index (χ0) is 10.3. The van der Waals surface area contributed by atoms with Gasteiger partial charge in [-0.15, -0.1) is 0 Å². The fourth-order valence-electron chi connectivity index (χ4n) is 1.08. The Kier molecular flexibility index (Phi) is 2.31. The van der Waals surface area contributed by atoms with Crippen LogP contribution in [-0.2, 0) is 14.8 Å². The molecule has 0 spiro atoms. The maximum atomic E-state index is 12.6. The number of rotatable bonds is 2. The highest BCUT2D eigenvalue weighted by molar-refractivity contribution is 7.89. The molecule has 0 heterocycles. The second-order valence-electron chi connectivity index (χ2n) is 3.09. The van der Waals surface area contributed by atoms with Crippen LogP contribution in [0.4, 0.5) is 8.78 Å². The van der Waals surface area contributed by atoms with E-state index in [1.54, 1.807) is 0 Å². The van der Waals surface area contributed by atoms with Crippen LogP contribution in [0.5, 0.6) is 0 Å². The molecule has 0 aromatic heterocycles. The minimum absolute atomic E-state index is 0.0361. The Morgan fingerprint density at radius 3 is 2.31 bits per heavy atom. The molecule has 0 bridgehead atoms. The predicted molar refractivity (Wildman–Crippen MR) is 40.7 cm³/mol. The van der Waals surface area contributed by atoms with Crippen molar-refractivity contribution in [2.24, 2.45) is 5.92 Å². The first-order valence-corrected chi connectivity index (χ1v) is 5.51. The largest absolute Gasteiger partial charge is 0.273 e. The molecule has 0 aromatic rings. The summed E-state index contributed by atoms with van der Waals surface area (Å²) in [5.74, 6) is -5.64. The molecular weight excluding hydrogens is 204 g/mol. The summed E-state index contributed by atoms with van der Waals surface area (Å²) in [5.41, 5.74) is 0. The summed E-state index contributed by atoms with van der Waals surface area (Å²) in [6, 6.07) is 0. The zero-order valence-electron chi connectivity index (χ0n) is 6.88. The van der Waals surface area contributed by atoms with E-state index >= 15 is 0 Å². The van der Waals surface area contributed by atoms with Crippen molar-refractivity contribution >= 4 is 15.9 Å². The van der Waals surface area contributed by atoms with E-state index in [1.165, 1.54) is 4.72 Å². The molecule has 1 atom stereocenters. The Balaban J connectivity index is 2.61. The van der Waals surface area contributed by atoms with Gasteiger partial charge in [0, 0.05) is 6.42 Å².